The van der Waals surface area contributed by atoms with Gasteiger partial charge in [0, 0.05) is 10.7 Å². The molecular weight excluding hydrogens is 310 g/mol. The zero-order valence-electron chi connectivity index (χ0n) is 11.8. The first-order chi connectivity index (χ1) is 10.5. The van der Waals surface area contributed by atoms with Crippen LogP contribution in [0.4, 0.5) is 5.69 Å². The molecule has 0 unspecified atom stereocenters. The van der Waals surface area contributed by atoms with Gasteiger partial charge in [-0.3, -0.25) is 19.8 Å². The van der Waals surface area contributed by atoms with Gasteiger partial charge in [-0.05, 0) is 31.2 Å². The molecule has 1 aliphatic rings. The molecule has 0 saturated heterocycles. The molecule has 1 fully saturated rings. The number of esters is 1. The average molecular weight is 326 g/mol. The van der Waals surface area contributed by atoms with Crippen molar-refractivity contribution in [2.45, 2.75) is 6.92 Å². The highest BCUT2D eigenvalue weighted by molar-refractivity contribution is 6.30. The van der Waals surface area contributed by atoms with E-state index in [4.69, 9.17) is 22.2 Å². The minimum atomic E-state index is -0.809. The summed E-state index contributed by atoms with van der Waals surface area (Å²) in [7, 11) is 0. The van der Waals surface area contributed by atoms with E-state index in [0.29, 0.717) is 10.7 Å². The van der Waals surface area contributed by atoms with Crippen LogP contribution in [0.15, 0.2) is 24.3 Å². The van der Waals surface area contributed by atoms with Crippen molar-refractivity contribution in [3.8, 4) is 0 Å². The van der Waals surface area contributed by atoms with Crippen LogP contribution in [0, 0.1) is 17.8 Å². The van der Waals surface area contributed by atoms with Crippen molar-refractivity contribution >= 4 is 35.1 Å². The summed E-state index contributed by atoms with van der Waals surface area (Å²) in [5, 5.41) is 3.18. The van der Waals surface area contributed by atoms with Gasteiger partial charge in [0.05, 0.1) is 24.4 Å². The summed E-state index contributed by atoms with van der Waals surface area (Å²) in [4.78, 5) is 35.7. The number of benzene rings is 1. The van der Waals surface area contributed by atoms with Gasteiger partial charge in [0.15, 0.2) is 0 Å². The number of amides is 2. The largest absolute Gasteiger partial charge is 0.466 e. The van der Waals surface area contributed by atoms with E-state index in [1.165, 1.54) is 0 Å². The maximum Gasteiger partial charge on any atom is 0.310 e. The van der Waals surface area contributed by atoms with Gasteiger partial charge in [-0.2, -0.15) is 0 Å². The fourth-order valence-corrected chi connectivity index (χ4v) is 2.48. The molecule has 7 nitrogen and oxygen atoms in total. The highest BCUT2D eigenvalue weighted by atomic mass is 35.5. The number of hydrogen-bond donors (Lipinski definition) is 3. The summed E-state index contributed by atoms with van der Waals surface area (Å²) in [6.07, 6.45) is 0. The Balaban J connectivity index is 2.07. The van der Waals surface area contributed by atoms with Gasteiger partial charge < -0.3 is 10.1 Å². The van der Waals surface area contributed by atoms with Crippen molar-refractivity contribution in [2.75, 3.05) is 11.9 Å². The van der Waals surface area contributed by atoms with Crippen LogP contribution in [0.5, 0.6) is 0 Å². The third-order valence-corrected chi connectivity index (χ3v) is 3.69. The zero-order valence-corrected chi connectivity index (χ0v) is 12.6. The van der Waals surface area contributed by atoms with Crippen LogP contribution in [0.3, 0.4) is 0 Å². The highest BCUT2D eigenvalue weighted by Gasteiger charge is 2.63. The van der Waals surface area contributed by atoms with Crippen molar-refractivity contribution in [1.82, 2.24) is 5.43 Å². The Morgan fingerprint density at radius 1 is 1.14 bits per heavy atom. The molecule has 0 aliphatic heterocycles. The Labute approximate surface area is 132 Å². The number of carbonyl (C=O) groups is 3. The third-order valence-electron chi connectivity index (χ3n) is 3.44. The van der Waals surface area contributed by atoms with Gasteiger partial charge in [-0.1, -0.05) is 11.6 Å². The standard InChI is InChI=1S/C14H16ClN3O4/c1-2-22-14(21)11-9(10(11)13(20)18-16)12(19)17-8-5-3-7(15)4-6-8/h3-6,9-11H,2,16H2,1H3,(H,17,19)(H,18,20)/t9-,10+,11+/m1/s1. The van der Waals surface area contributed by atoms with Crippen LogP contribution < -0.4 is 16.6 Å². The molecule has 2 rings (SSSR count). The monoisotopic (exact) mass is 325 g/mol. The number of anilines is 1. The molecule has 8 heteroatoms. The van der Waals surface area contributed by atoms with Gasteiger partial charge in [0.1, 0.15) is 0 Å². The molecule has 2 amide bonds. The summed E-state index contributed by atoms with van der Waals surface area (Å²) in [6, 6.07) is 6.49. The molecule has 4 N–H and O–H groups in total. The average Bonchev–Trinajstić information content (AvgIpc) is 3.25. The molecule has 118 valence electrons. The summed E-state index contributed by atoms with van der Waals surface area (Å²) >= 11 is 5.77. The second-order valence-corrected chi connectivity index (χ2v) is 5.27. The molecular formula is C14H16ClN3O4. The van der Waals surface area contributed by atoms with Gasteiger partial charge in [-0.15, -0.1) is 0 Å². The predicted octanol–water partition coefficient (Wildman–Crippen LogP) is 0.694. The lowest BCUT2D eigenvalue weighted by atomic mass is 10.2. The number of nitrogens with two attached hydrogens (primary N) is 1. The van der Waals surface area contributed by atoms with Gasteiger partial charge >= 0.3 is 5.97 Å². The fourth-order valence-electron chi connectivity index (χ4n) is 2.35. The van der Waals surface area contributed by atoms with Crippen molar-refractivity contribution in [2.24, 2.45) is 23.6 Å². The number of rotatable bonds is 5. The van der Waals surface area contributed by atoms with E-state index in [-0.39, 0.29) is 6.61 Å². The molecule has 0 spiro atoms. The Kier molecular flexibility index (Phi) is 4.99. The maximum absolute atomic E-state index is 12.2. The van der Waals surface area contributed by atoms with Crippen LogP contribution in [0.25, 0.3) is 0 Å². The van der Waals surface area contributed by atoms with E-state index >= 15 is 0 Å². The highest BCUT2D eigenvalue weighted by Crippen LogP contribution is 2.48. The minimum Gasteiger partial charge on any atom is -0.466 e. The van der Waals surface area contributed by atoms with Crippen molar-refractivity contribution in [3.05, 3.63) is 29.3 Å². The first-order valence-electron chi connectivity index (χ1n) is 6.73. The number of halogens is 1. The van der Waals surface area contributed by atoms with E-state index < -0.39 is 35.5 Å². The van der Waals surface area contributed by atoms with E-state index in [1.54, 1.807) is 31.2 Å². The van der Waals surface area contributed by atoms with Gasteiger partial charge in [-0.25, -0.2) is 5.84 Å². The van der Waals surface area contributed by atoms with Crippen molar-refractivity contribution in [3.63, 3.8) is 0 Å². The molecule has 0 radical (unpaired) electrons. The minimum absolute atomic E-state index is 0.178. The molecule has 1 aromatic carbocycles. The quantitative estimate of drug-likeness (QED) is 0.319. The maximum atomic E-state index is 12.2. The molecule has 0 heterocycles. The molecule has 0 bridgehead atoms. The smallest absolute Gasteiger partial charge is 0.310 e. The van der Waals surface area contributed by atoms with Crippen LogP contribution in [-0.2, 0) is 19.1 Å². The first-order valence-corrected chi connectivity index (χ1v) is 7.11. The number of hydrogen-bond acceptors (Lipinski definition) is 5. The topological polar surface area (TPSA) is 111 Å². The van der Waals surface area contributed by atoms with E-state index in [9.17, 15) is 14.4 Å². The molecule has 22 heavy (non-hydrogen) atoms. The Morgan fingerprint density at radius 2 is 1.73 bits per heavy atom. The number of ether oxygens (including phenoxy) is 1. The number of hydrazine groups is 1. The first kappa shape index (κ1) is 16.3. The molecule has 1 saturated carbocycles. The summed E-state index contributed by atoms with van der Waals surface area (Å²) < 4.78 is 4.88. The zero-order chi connectivity index (χ0) is 16.3. The summed E-state index contributed by atoms with van der Waals surface area (Å²) in [5.41, 5.74) is 2.49. The predicted molar refractivity (Wildman–Crippen MR) is 79.5 cm³/mol. The van der Waals surface area contributed by atoms with Crippen LogP contribution in [0.2, 0.25) is 5.02 Å². The Morgan fingerprint density at radius 3 is 2.27 bits per heavy atom. The number of nitrogens with one attached hydrogen (secondary N) is 2. The third kappa shape index (κ3) is 3.37. The van der Waals surface area contributed by atoms with Gasteiger partial charge in [0.25, 0.3) is 0 Å². The van der Waals surface area contributed by atoms with Crippen molar-refractivity contribution < 1.29 is 19.1 Å². The van der Waals surface area contributed by atoms with Crippen molar-refractivity contribution in [1.29, 1.82) is 0 Å². The second-order valence-electron chi connectivity index (χ2n) is 4.83. The lowest BCUT2D eigenvalue weighted by Gasteiger charge is -2.05. The molecule has 0 aromatic heterocycles. The van der Waals surface area contributed by atoms with E-state index in [0.717, 1.165) is 0 Å². The number of carbonyl (C=O) groups excluding carboxylic acids is 3. The van der Waals surface area contributed by atoms with Crippen LogP contribution >= 0.6 is 11.6 Å². The Bertz CT molecular complexity index is 590. The molecule has 3 atom stereocenters. The Hall–Kier alpha value is -2.12. The van der Waals surface area contributed by atoms with Crippen LogP contribution in [0.1, 0.15) is 6.92 Å². The lowest BCUT2D eigenvalue weighted by molar-refractivity contribution is -0.146. The normalized spacial score (nSPS) is 22.6. The van der Waals surface area contributed by atoms with Gasteiger partial charge in [0.2, 0.25) is 11.8 Å². The summed E-state index contributed by atoms with van der Waals surface area (Å²) in [5.74, 6) is 1.10. The molecule has 1 aliphatic carbocycles. The molecule has 1 aromatic rings. The lowest BCUT2D eigenvalue weighted by Crippen LogP contribution is -2.33. The fraction of sp³-hybridized carbons (Fsp3) is 0.357. The van der Waals surface area contributed by atoms with E-state index in [2.05, 4.69) is 5.32 Å². The summed E-state index contributed by atoms with van der Waals surface area (Å²) in [6.45, 7) is 1.83. The SMILES string of the molecule is CCOC(=O)[C@H]1[C@H](C(=O)Nc2ccc(Cl)cc2)[C@@H]1C(=O)NN. The van der Waals surface area contributed by atoms with E-state index in [1.807, 2.05) is 5.43 Å². The van der Waals surface area contributed by atoms with Crippen LogP contribution in [-0.4, -0.2) is 24.4 Å². The second kappa shape index (κ2) is 6.76.